The summed E-state index contributed by atoms with van der Waals surface area (Å²) in [4.78, 5) is 9.23. The van der Waals surface area contributed by atoms with E-state index in [1.165, 1.54) is 0 Å². The molecule has 0 saturated heterocycles. The quantitative estimate of drug-likeness (QED) is 0.942. The van der Waals surface area contributed by atoms with Crippen molar-refractivity contribution in [1.82, 2.24) is 19.7 Å². The van der Waals surface area contributed by atoms with Crippen LogP contribution in [0.2, 0.25) is 0 Å². The zero-order chi connectivity index (χ0) is 14.2. The van der Waals surface area contributed by atoms with Crippen LogP contribution >= 0.6 is 15.9 Å². The SMILES string of the molecule is CNc1nc(-c2cn(C)nc2C)nc(C(C)C)c1Br. The molecule has 0 aliphatic carbocycles. The summed E-state index contributed by atoms with van der Waals surface area (Å²) in [6.07, 6.45) is 1.95. The van der Waals surface area contributed by atoms with Gasteiger partial charge < -0.3 is 5.32 Å². The second kappa shape index (κ2) is 5.28. The Kier molecular flexibility index (Phi) is 3.89. The Morgan fingerprint density at radius 1 is 1.32 bits per heavy atom. The number of aryl methyl sites for hydroxylation is 2. The first-order valence-corrected chi connectivity index (χ1v) is 6.99. The second-order valence-corrected chi connectivity index (χ2v) is 5.59. The molecule has 2 rings (SSSR count). The molecule has 2 aromatic rings. The van der Waals surface area contributed by atoms with Crippen molar-refractivity contribution in [2.45, 2.75) is 26.7 Å². The Hall–Kier alpha value is -1.43. The summed E-state index contributed by atoms with van der Waals surface area (Å²) < 4.78 is 2.71. The van der Waals surface area contributed by atoms with Crippen LogP contribution in [0.1, 0.15) is 31.2 Å². The molecule has 0 bridgehead atoms. The molecule has 0 radical (unpaired) electrons. The van der Waals surface area contributed by atoms with E-state index in [-0.39, 0.29) is 0 Å². The van der Waals surface area contributed by atoms with Gasteiger partial charge in [-0.05, 0) is 28.8 Å². The van der Waals surface area contributed by atoms with Crippen molar-refractivity contribution in [1.29, 1.82) is 0 Å². The first kappa shape index (κ1) is 14.0. The van der Waals surface area contributed by atoms with E-state index in [0.717, 1.165) is 27.2 Å². The highest BCUT2D eigenvalue weighted by atomic mass is 79.9. The number of rotatable bonds is 3. The summed E-state index contributed by atoms with van der Waals surface area (Å²) in [7, 11) is 3.76. The molecule has 0 spiro atoms. The van der Waals surface area contributed by atoms with Crippen molar-refractivity contribution in [3.8, 4) is 11.4 Å². The topological polar surface area (TPSA) is 55.6 Å². The van der Waals surface area contributed by atoms with Gasteiger partial charge in [-0.3, -0.25) is 4.68 Å². The van der Waals surface area contributed by atoms with Gasteiger partial charge in [-0.2, -0.15) is 5.10 Å². The first-order valence-electron chi connectivity index (χ1n) is 6.19. The lowest BCUT2D eigenvalue weighted by Gasteiger charge is -2.13. The van der Waals surface area contributed by atoms with Crippen LogP contribution < -0.4 is 5.32 Å². The van der Waals surface area contributed by atoms with Crippen LogP contribution in [0.15, 0.2) is 10.7 Å². The summed E-state index contributed by atoms with van der Waals surface area (Å²) in [5.74, 6) is 1.83. The lowest BCUT2D eigenvalue weighted by Crippen LogP contribution is -2.04. The minimum Gasteiger partial charge on any atom is -0.372 e. The van der Waals surface area contributed by atoms with E-state index in [1.807, 2.05) is 27.2 Å². The third-order valence-electron chi connectivity index (χ3n) is 2.91. The molecule has 0 aliphatic heterocycles. The van der Waals surface area contributed by atoms with Gasteiger partial charge in [0, 0.05) is 20.3 Å². The molecule has 0 aliphatic rings. The number of nitrogens with zero attached hydrogens (tertiary/aromatic N) is 4. The fourth-order valence-electron chi connectivity index (χ4n) is 1.95. The van der Waals surface area contributed by atoms with Crippen LogP contribution in [-0.2, 0) is 7.05 Å². The molecule has 0 aromatic carbocycles. The molecule has 0 atom stereocenters. The third kappa shape index (κ3) is 2.63. The van der Waals surface area contributed by atoms with Crippen LogP contribution in [-0.4, -0.2) is 26.8 Å². The standard InChI is InChI=1S/C13H18BrN5/c1-7(2)11-10(14)13(15-4)17-12(16-11)9-6-19(5)18-8(9)3/h6-7H,1-5H3,(H,15,16,17). The smallest absolute Gasteiger partial charge is 0.165 e. The highest BCUT2D eigenvalue weighted by Crippen LogP contribution is 2.31. The van der Waals surface area contributed by atoms with Crippen molar-refractivity contribution < 1.29 is 0 Å². The lowest BCUT2D eigenvalue weighted by molar-refractivity contribution is 0.756. The first-order chi connectivity index (χ1) is 8.93. The van der Waals surface area contributed by atoms with Gasteiger partial charge in [0.1, 0.15) is 5.82 Å². The molecule has 2 heterocycles. The minimum atomic E-state index is 0.320. The predicted molar refractivity (Wildman–Crippen MR) is 80.3 cm³/mol. The van der Waals surface area contributed by atoms with Gasteiger partial charge in [-0.1, -0.05) is 13.8 Å². The zero-order valence-corrected chi connectivity index (χ0v) is 13.4. The maximum atomic E-state index is 4.67. The van der Waals surface area contributed by atoms with Gasteiger partial charge in [0.15, 0.2) is 5.82 Å². The van der Waals surface area contributed by atoms with E-state index in [1.54, 1.807) is 4.68 Å². The Balaban J connectivity index is 2.64. The van der Waals surface area contributed by atoms with E-state index in [4.69, 9.17) is 0 Å². The van der Waals surface area contributed by atoms with Gasteiger partial charge >= 0.3 is 0 Å². The van der Waals surface area contributed by atoms with Gasteiger partial charge in [0.25, 0.3) is 0 Å². The third-order valence-corrected chi connectivity index (χ3v) is 3.70. The van der Waals surface area contributed by atoms with E-state index >= 15 is 0 Å². The lowest BCUT2D eigenvalue weighted by atomic mass is 10.1. The number of anilines is 1. The van der Waals surface area contributed by atoms with Crippen LogP contribution in [0.3, 0.4) is 0 Å². The Morgan fingerprint density at radius 2 is 2.00 bits per heavy atom. The highest BCUT2D eigenvalue weighted by Gasteiger charge is 2.17. The number of hydrogen-bond acceptors (Lipinski definition) is 4. The van der Waals surface area contributed by atoms with Crippen LogP contribution in [0, 0.1) is 6.92 Å². The monoisotopic (exact) mass is 323 g/mol. The molecule has 6 heteroatoms. The molecule has 0 amide bonds. The number of hydrogen-bond donors (Lipinski definition) is 1. The average molecular weight is 324 g/mol. The van der Waals surface area contributed by atoms with Crippen molar-refractivity contribution in [3.63, 3.8) is 0 Å². The Labute approximate surface area is 121 Å². The zero-order valence-electron chi connectivity index (χ0n) is 11.8. The predicted octanol–water partition coefficient (Wildman–Crippen LogP) is 3.11. The fourth-order valence-corrected chi connectivity index (χ4v) is 2.79. The summed E-state index contributed by atoms with van der Waals surface area (Å²) in [6.45, 7) is 6.20. The molecule has 0 saturated carbocycles. The summed E-state index contributed by atoms with van der Waals surface area (Å²) in [5.41, 5.74) is 2.90. The molecule has 2 aromatic heterocycles. The van der Waals surface area contributed by atoms with Crippen molar-refractivity contribution in [2.75, 3.05) is 12.4 Å². The van der Waals surface area contributed by atoms with Crippen molar-refractivity contribution >= 4 is 21.7 Å². The Bertz CT molecular complexity index is 603. The molecular formula is C13H18BrN5. The van der Waals surface area contributed by atoms with Gasteiger partial charge in [0.05, 0.1) is 21.4 Å². The largest absolute Gasteiger partial charge is 0.372 e. The Morgan fingerprint density at radius 3 is 2.47 bits per heavy atom. The van der Waals surface area contributed by atoms with Crippen LogP contribution in [0.4, 0.5) is 5.82 Å². The maximum absolute atomic E-state index is 4.67. The molecule has 0 fully saturated rings. The van der Waals surface area contributed by atoms with Crippen LogP contribution in [0.25, 0.3) is 11.4 Å². The molecular weight excluding hydrogens is 306 g/mol. The molecule has 0 unspecified atom stereocenters. The fraction of sp³-hybridized carbons (Fsp3) is 0.462. The van der Waals surface area contributed by atoms with Gasteiger partial charge in [0.2, 0.25) is 0 Å². The normalized spacial score (nSPS) is 11.1. The summed E-state index contributed by atoms with van der Waals surface area (Å²) >= 11 is 3.56. The summed E-state index contributed by atoms with van der Waals surface area (Å²) in [6, 6.07) is 0. The van der Waals surface area contributed by atoms with Crippen LogP contribution in [0.5, 0.6) is 0 Å². The average Bonchev–Trinajstić information content (AvgIpc) is 2.68. The minimum absolute atomic E-state index is 0.320. The molecule has 1 N–H and O–H groups in total. The molecule has 19 heavy (non-hydrogen) atoms. The van der Waals surface area contributed by atoms with Crippen molar-refractivity contribution in [2.24, 2.45) is 7.05 Å². The van der Waals surface area contributed by atoms with E-state index in [0.29, 0.717) is 11.7 Å². The van der Waals surface area contributed by atoms with E-state index < -0.39 is 0 Å². The summed E-state index contributed by atoms with van der Waals surface area (Å²) in [5, 5.41) is 7.45. The van der Waals surface area contributed by atoms with E-state index in [2.05, 4.69) is 50.2 Å². The molecule has 102 valence electrons. The number of aromatic nitrogens is 4. The maximum Gasteiger partial charge on any atom is 0.165 e. The van der Waals surface area contributed by atoms with E-state index in [9.17, 15) is 0 Å². The van der Waals surface area contributed by atoms with Gasteiger partial charge in [-0.25, -0.2) is 9.97 Å². The number of nitrogens with one attached hydrogen (secondary N) is 1. The highest BCUT2D eigenvalue weighted by molar-refractivity contribution is 9.10. The molecule has 5 nitrogen and oxygen atoms in total. The van der Waals surface area contributed by atoms with Crippen molar-refractivity contribution in [3.05, 3.63) is 22.1 Å². The number of halogens is 1. The second-order valence-electron chi connectivity index (χ2n) is 4.80. The van der Waals surface area contributed by atoms with Gasteiger partial charge in [-0.15, -0.1) is 0 Å².